The van der Waals surface area contributed by atoms with Gasteiger partial charge in [0.05, 0.1) is 6.61 Å². The minimum atomic E-state index is -1.96. The number of aliphatic hydroxyl groups excluding tert-OH is 5. The molecule has 9 nitrogen and oxygen atoms in total. The normalized spacial score (nSPS) is 14.4. The van der Waals surface area contributed by atoms with Crippen molar-refractivity contribution in [1.82, 2.24) is 10.6 Å². The van der Waals surface area contributed by atoms with Gasteiger partial charge in [0.2, 0.25) is 0 Å². The van der Waals surface area contributed by atoms with Gasteiger partial charge in [-0.1, -0.05) is 49.1 Å². The molecule has 196 valence electrons. The summed E-state index contributed by atoms with van der Waals surface area (Å²) >= 11 is 1.73. The second-order valence-electron chi connectivity index (χ2n) is 8.15. The van der Waals surface area contributed by atoms with Crippen LogP contribution in [0.1, 0.15) is 27.0 Å². The number of rotatable bonds is 15. The minimum absolute atomic E-state index is 0.102. The van der Waals surface area contributed by atoms with E-state index in [0.29, 0.717) is 12.1 Å². The van der Waals surface area contributed by atoms with Crippen LogP contribution in [0.15, 0.2) is 55.1 Å². The Kier molecular flexibility index (Phi) is 12.6. The van der Waals surface area contributed by atoms with Gasteiger partial charge < -0.3 is 36.2 Å². The molecule has 2 rings (SSSR count). The lowest BCUT2D eigenvalue weighted by atomic mass is 10.0. The number of thioether (sulfide) groups is 1. The summed E-state index contributed by atoms with van der Waals surface area (Å²) in [5.41, 5.74) is 3.47. The number of benzene rings is 2. The summed E-state index contributed by atoms with van der Waals surface area (Å²) in [5, 5.41) is 52.7. The molecular formula is C26H34N2O7S. The standard InChI is InChI=1S/C26H34N2O7S/c1-2-17-7-9-20(10-8-17)25(34)27-12-14-36-13-11-18-3-5-19(6-4-18)15-28-26(35)24(33)23(32)22(31)21(30)16-29/h2-10,21-24,29-33H,1,11-16H2,(H,27,34)(H,28,35)/t21-,22-,23+,24-/m1/s1. The highest BCUT2D eigenvalue weighted by Gasteiger charge is 2.33. The van der Waals surface area contributed by atoms with Gasteiger partial charge in [-0.25, -0.2) is 0 Å². The van der Waals surface area contributed by atoms with Crippen LogP contribution in [0.5, 0.6) is 0 Å². The summed E-state index contributed by atoms with van der Waals surface area (Å²) in [4.78, 5) is 24.1. The van der Waals surface area contributed by atoms with Crippen LogP contribution in [0.25, 0.3) is 6.08 Å². The largest absolute Gasteiger partial charge is 0.394 e. The predicted octanol–water partition coefficient (Wildman–Crippen LogP) is 0.0874. The number of carbonyl (C=O) groups excluding carboxylic acids is 2. The SMILES string of the molecule is C=Cc1ccc(C(=O)NCCSCCc2ccc(CNC(=O)[C@H](O)[C@@H](O)[C@H](O)[C@H](O)CO)cc2)cc1. The van der Waals surface area contributed by atoms with E-state index in [-0.39, 0.29) is 12.5 Å². The summed E-state index contributed by atoms with van der Waals surface area (Å²) < 4.78 is 0. The highest BCUT2D eigenvalue weighted by Crippen LogP contribution is 2.10. The maximum atomic E-state index is 12.1. The molecule has 0 aliphatic carbocycles. The van der Waals surface area contributed by atoms with Crippen LogP contribution in [0, 0.1) is 0 Å². The number of carbonyl (C=O) groups is 2. The molecule has 0 heterocycles. The maximum Gasteiger partial charge on any atom is 0.251 e. The Morgan fingerprint density at radius 2 is 1.53 bits per heavy atom. The van der Waals surface area contributed by atoms with Gasteiger partial charge in [-0.15, -0.1) is 0 Å². The number of nitrogens with one attached hydrogen (secondary N) is 2. The lowest BCUT2D eigenvalue weighted by molar-refractivity contribution is -0.149. The number of hydrogen-bond acceptors (Lipinski definition) is 8. The summed E-state index contributed by atoms with van der Waals surface area (Å²) in [6, 6.07) is 14.8. The molecule has 0 unspecified atom stereocenters. The van der Waals surface area contributed by atoms with Crippen LogP contribution >= 0.6 is 11.8 Å². The van der Waals surface area contributed by atoms with Crippen LogP contribution in [-0.2, 0) is 17.8 Å². The maximum absolute atomic E-state index is 12.1. The van der Waals surface area contributed by atoms with E-state index in [9.17, 15) is 30.0 Å². The fraction of sp³-hybridized carbons (Fsp3) is 0.385. The van der Waals surface area contributed by atoms with Crippen molar-refractivity contribution in [3.8, 4) is 0 Å². The number of aliphatic hydroxyl groups is 5. The fourth-order valence-electron chi connectivity index (χ4n) is 3.20. The molecule has 0 spiro atoms. The van der Waals surface area contributed by atoms with Gasteiger partial charge in [0.1, 0.15) is 18.3 Å². The lowest BCUT2D eigenvalue weighted by Gasteiger charge is -2.24. The summed E-state index contributed by atoms with van der Waals surface area (Å²) in [7, 11) is 0. The van der Waals surface area contributed by atoms with E-state index in [0.717, 1.165) is 34.6 Å². The summed E-state index contributed by atoms with van der Waals surface area (Å²) in [5.74, 6) is 0.660. The first-order valence-corrected chi connectivity index (χ1v) is 12.7. The molecule has 0 bridgehead atoms. The van der Waals surface area contributed by atoms with Gasteiger partial charge in [0, 0.05) is 24.4 Å². The Morgan fingerprint density at radius 3 is 2.14 bits per heavy atom. The molecule has 0 fully saturated rings. The van der Waals surface area contributed by atoms with Gasteiger partial charge in [-0.2, -0.15) is 11.8 Å². The molecule has 0 saturated carbocycles. The van der Waals surface area contributed by atoms with Gasteiger partial charge in [-0.3, -0.25) is 9.59 Å². The molecule has 10 heteroatoms. The van der Waals surface area contributed by atoms with Crippen LogP contribution in [0.2, 0.25) is 0 Å². The van der Waals surface area contributed by atoms with Crippen molar-refractivity contribution in [3.63, 3.8) is 0 Å². The van der Waals surface area contributed by atoms with Crippen molar-refractivity contribution in [3.05, 3.63) is 77.4 Å². The van der Waals surface area contributed by atoms with E-state index in [1.165, 1.54) is 0 Å². The quantitative estimate of drug-likeness (QED) is 0.163. The molecule has 4 atom stereocenters. The fourth-order valence-corrected chi connectivity index (χ4v) is 4.03. The van der Waals surface area contributed by atoms with E-state index in [2.05, 4.69) is 17.2 Å². The first-order chi connectivity index (χ1) is 17.3. The third-order valence-corrected chi connectivity index (χ3v) is 6.47. The van der Waals surface area contributed by atoms with E-state index >= 15 is 0 Å². The number of amides is 2. The molecule has 2 amide bonds. The molecule has 0 aromatic heterocycles. The van der Waals surface area contributed by atoms with E-state index < -0.39 is 36.9 Å². The Bertz CT molecular complexity index is 969. The topological polar surface area (TPSA) is 159 Å². The van der Waals surface area contributed by atoms with Gasteiger partial charge in [-0.05, 0) is 41.0 Å². The van der Waals surface area contributed by atoms with E-state index in [4.69, 9.17) is 5.11 Å². The van der Waals surface area contributed by atoms with Gasteiger partial charge >= 0.3 is 0 Å². The third-order valence-electron chi connectivity index (χ3n) is 5.49. The van der Waals surface area contributed by atoms with Gasteiger partial charge in [0.15, 0.2) is 6.10 Å². The van der Waals surface area contributed by atoms with Crippen LogP contribution < -0.4 is 10.6 Å². The van der Waals surface area contributed by atoms with Crippen molar-refractivity contribution in [2.45, 2.75) is 37.4 Å². The molecule has 2 aromatic rings. The highest BCUT2D eigenvalue weighted by molar-refractivity contribution is 7.99. The predicted molar refractivity (Wildman–Crippen MR) is 139 cm³/mol. The lowest BCUT2D eigenvalue weighted by Crippen LogP contribution is -2.51. The zero-order valence-electron chi connectivity index (χ0n) is 19.9. The van der Waals surface area contributed by atoms with E-state index in [1.807, 2.05) is 36.4 Å². The molecule has 36 heavy (non-hydrogen) atoms. The second-order valence-corrected chi connectivity index (χ2v) is 9.38. The molecule has 0 radical (unpaired) electrons. The number of aryl methyl sites for hydroxylation is 1. The molecule has 0 aliphatic heterocycles. The average Bonchev–Trinajstić information content (AvgIpc) is 2.92. The molecule has 0 aliphatic rings. The zero-order valence-corrected chi connectivity index (χ0v) is 20.7. The third kappa shape index (κ3) is 9.38. The van der Waals surface area contributed by atoms with Crippen molar-refractivity contribution < 1.29 is 35.1 Å². The zero-order chi connectivity index (χ0) is 26.5. The summed E-state index contributed by atoms with van der Waals surface area (Å²) in [6.45, 7) is 3.55. The molecule has 0 saturated heterocycles. The minimum Gasteiger partial charge on any atom is -0.394 e. The van der Waals surface area contributed by atoms with Crippen molar-refractivity contribution >= 4 is 29.7 Å². The van der Waals surface area contributed by atoms with Crippen LogP contribution in [0.3, 0.4) is 0 Å². The van der Waals surface area contributed by atoms with Crippen LogP contribution in [-0.4, -0.2) is 86.4 Å². The Hall–Kier alpha value is -2.73. The Morgan fingerprint density at radius 1 is 0.889 bits per heavy atom. The molecule has 2 aromatic carbocycles. The molecular weight excluding hydrogens is 484 g/mol. The van der Waals surface area contributed by atoms with Gasteiger partial charge in [0.25, 0.3) is 11.8 Å². The monoisotopic (exact) mass is 518 g/mol. The first kappa shape index (κ1) is 29.5. The average molecular weight is 519 g/mol. The van der Waals surface area contributed by atoms with E-state index in [1.54, 1.807) is 30.0 Å². The highest BCUT2D eigenvalue weighted by atomic mass is 32.2. The smallest absolute Gasteiger partial charge is 0.251 e. The first-order valence-electron chi connectivity index (χ1n) is 11.5. The Labute approximate surface area is 214 Å². The van der Waals surface area contributed by atoms with Crippen molar-refractivity contribution in [1.29, 1.82) is 0 Å². The molecule has 7 N–H and O–H groups in total. The second kappa shape index (κ2) is 15.4. The Balaban J connectivity index is 1.64. The van der Waals surface area contributed by atoms with Crippen molar-refractivity contribution in [2.24, 2.45) is 0 Å². The van der Waals surface area contributed by atoms with Crippen LogP contribution in [0.4, 0.5) is 0 Å². The summed E-state index contributed by atoms with van der Waals surface area (Å²) in [6.07, 6.45) is -4.87. The van der Waals surface area contributed by atoms with Crippen molar-refractivity contribution in [2.75, 3.05) is 24.7 Å². The number of hydrogen-bond donors (Lipinski definition) is 7.